The van der Waals surface area contributed by atoms with Gasteiger partial charge >= 0.3 is 0 Å². The summed E-state index contributed by atoms with van der Waals surface area (Å²) >= 11 is 0. The summed E-state index contributed by atoms with van der Waals surface area (Å²) in [6, 6.07) is 7.41. The van der Waals surface area contributed by atoms with E-state index in [1.165, 1.54) is 6.92 Å². The summed E-state index contributed by atoms with van der Waals surface area (Å²) in [6.07, 6.45) is 0.411. The van der Waals surface area contributed by atoms with E-state index >= 15 is 0 Å². The summed E-state index contributed by atoms with van der Waals surface area (Å²) in [5.74, 6) is 0.0994. The first-order chi connectivity index (χ1) is 7.97. The molecule has 0 amide bonds. The molecule has 1 aromatic carbocycles. The molecule has 0 bridgehead atoms. The van der Waals surface area contributed by atoms with Crippen molar-refractivity contribution in [2.24, 2.45) is 0 Å². The molecule has 0 aliphatic heterocycles. The normalized spacial score (nSPS) is 13.4. The molecule has 80 valence electrons. The van der Waals surface area contributed by atoms with Gasteiger partial charge < -0.3 is 10.6 Å². The topological polar surface area (TPSA) is 71.8 Å². The predicted molar refractivity (Wildman–Crippen MR) is 62.4 cm³/mol. The molecule has 0 saturated carbocycles. The molecule has 0 aromatic heterocycles. The van der Waals surface area contributed by atoms with Crippen LogP contribution in [0.25, 0.3) is 0 Å². The smallest absolute Gasteiger partial charge is 0.193 e. The molecule has 1 atom stereocenters. The summed E-state index contributed by atoms with van der Waals surface area (Å²) in [7, 11) is 0. The van der Waals surface area contributed by atoms with E-state index in [9.17, 15) is 0 Å². The van der Waals surface area contributed by atoms with Gasteiger partial charge in [-0.3, -0.25) is 10.8 Å². The van der Waals surface area contributed by atoms with E-state index < -0.39 is 6.52 Å². The van der Waals surface area contributed by atoms with Crippen molar-refractivity contribution in [2.45, 2.75) is 13.3 Å². The Labute approximate surface area is 92.5 Å². The summed E-state index contributed by atoms with van der Waals surface area (Å²) < 4.78 is 15.2. The van der Waals surface area contributed by atoms with Crippen LogP contribution in [0.4, 0.5) is 0 Å². The molecule has 0 heterocycles. The molecule has 0 radical (unpaired) electrons. The van der Waals surface area contributed by atoms with Gasteiger partial charge in [0, 0.05) is 7.89 Å². The van der Waals surface area contributed by atoms with E-state index in [2.05, 4.69) is 10.6 Å². The monoisotopic (exact) mass is 206 g/mol. The fourth-order valence-corrected chi connectivity index (χ4v) is 1.05. The highest BCUT2D eigenvalue weighted by molar-refractivity contribution is 5.95. The Bertz CT molecular complexity index is 420. The standard InChI is InChI=1S/C11H16N4/c1-9(12)15-11(13)14-8-7-10-5-3-2-4-6-10/h2-6H,7-8H2,1H3,(H4,12,13,14,15)/i3D,8D. The second-order valence-electron chi connectivity index (χ2n) is 3.09. The maximum atomic E-state index is 7.73. The number of benzene rings is 1. The van der Waals surface area contributed by atoms with E-state index in [4.69, 9.17) is 13.6 Å². The van der Waals surface area contributed by atoms with Crippen molar-refractivity contribution in [3.8, 4) is 0 Å². The molecule has 1 aromatic rings. The van der Waals surface area contributed by atoms with Crippen LogP contribution in [-0.2, 0) is 6.42 Å². The van der Waals surface area contributed by atoms with Crippen molar-refractivity contribution in [2.75, 3.05) is 6.52 Å². The highest BCUT2D eigenvalue weighted by atomic mass is 15.1. The van der Waals surface area contributed by atoms with E-state index in [-0.39, 0.29) is 11.8 Å². The van der Waals surface area contributed by atoms with Gasteiger partial charge in [0.1, 0.15) is 0 Å². The number of rotatable bonds is 3. The van der Waals surface area contributed by atoms with Gasteiger partial charge in [-0.1, -0.05) is 30.3 Å². The molecular weight excluding hydrogens is 188 g/mol. The third kappa shape index (κ3) is 4.81. The zero-order valence-electron chi connectivity index (χ0n) is 10.6. The minimum atomic E-state index is -0.670. The number of hydrogen-bond acceptors (Lipinski definition) is 2. The molecular formula is C11H16N4. The molecule has 4 nitrogen and oxygen atoms in total. The number of nitrogens with one attached hydrogen (secondary N) is 4. The summed E-state index contributed by atoms with van der Waals surface area (Å²) in [4.78, 5) is 0. The zero-order valence-corrected chi connectivity index (χ0v) is 8.59. The SMILES string of the molecule is [2H]c1cccc(CC([2H])NC(=N)NC(C)=N)c1. The van der Waals surface area contributed by atoms with Gasteiger partial charge in [0.2, 0.25) is 0 Å². The number of hydrogen-bond donors (Lipinski definition) is 4. The quantitative estimate of drug-likeness (QED) is 0.445. The van der Waals surface area contributed by atoms with Crippen LogP contribution in [0, 0.1) is 10.8 Å². The molecule has 1 unspecified atom stereocenters. The van der Waals surface area contributed by atoms with Crippen LogP contribution in [0.5, 0.6) is 0 Å². The third-order valence-electron chi connectivity index (χ3n) is 1.67. The van der Waals surface area contributed by atoms with Gasteiger partial charge in [-0.25, -0.2) is 0 Å². The van der Waals surface area contributed by atoms with Crippen LogP contribution in [-0.4, -0.2) is 18.3 Å². The second-order valence-corrected chi connectivity index (χ2v) is 3.09. The lowest BCUT2D eigenvalue weighted by atomic mass is 10.1. The number of aryl methyl sites for hydroxylation is 1. The summed E-state index contributed by atoms with van der Waals surface area (Å²) in [5, 5.41) is 19.7. The molecule has 0 fully saturated rings. The Morgan fingerprint density at radius 1 is 1.47 bits per heavy atom. The van der Waals surface area contributed by atoms with Crippen molar-refractivity contribution < 1.29 is 2.74 Å². The summed E-state index contributed by atoms with van der Waals surface area (Å²) in [5.41, 5.74) is 0.879. The Hall–Kier alpha value is -1.84. The molecule has 0 aliphatic carbocycles. The second kappa shape index (κ2) is 5.80. The van der Waals surface area contributed by atoms with E-state index in [1.54, 1.807) is 18.2 Å². The predicted octanol–water partition coefficient (Wildman–Crippen LogP) is 1.34. The third-order valence-corrected chi connectivity index (χ3v) is 1.67. The number of guanidine groups is 1. The molecule has 0 spiro atoms. The maximum Gasteiger partial charge on any atom is 0.193 e. The fraction of sp³-hybridized carbons (Fsp3) is 0.273. The van der Waals surface area contributed by atoms with Crippen molar-refractivity contribution in [1.29, 1.82) is 10.8 Å². The fourth-order valence-electron chi connectivity index (χ4n) is 1.05. The highest BCUT2D eigenvalue weighted by Crippen LogP contribution is 1.97. The molecule has 15 heavy (non-hydrogen) atoms. The van der Waals surface area contributed by atoms with Crippen LogP contribution in [0.3, 0.4) is 0 Å². The number of amidine groups is 1. The summed E-state index contributed by atoms with van der Waals surface area (Å²) in [6.45, 7) is 0.856. The van der Waals surface area contributed by atoms with Crippen LogP contribution < -0.4 is 10.6 Å². The first-order valence-corrected chi connectivity index (χ1v) is 4.62. The van der Waals surface area contributed by atoms with Crippen LogP contribution >= 0.6 is 0 Å². The Kier molecular flexibility index (Phi) is 3.27. The Morgan fingerprint density at radius 3 is 2.93 bits per heavy atom. The van der Waals surface area contributed by atoms with Crippen LogP contribution in [0.2, 0.25) is 0 Å². The average Bonchev–Trinajstić information content (AvgIpc) is 2.14. The lowest BCUT2D eigenvalue weighted by Crippen LogP contribution is -2.39. The van der Waals surface area contributed by atoms with Crippen molar-refractivity contribution in [3.05, 3.63) is 35.9 Å². The van der Waals surface area contributed by atoms with Crippen molar-refractivity contribution >= 4 is 11.8 Å². The van der Waals surface area contributed by atoms with E-state index in [0.717, 1.165) is 5.56 Å². The lowest BCUT2D eigenvalue weighted by molar-refractivity contribution is 0.842. The van der Waals surface area contributed by atoms with E-state index in [1.807, 2.05) is 6.07 Å². The molecule has 4 heteroatoms. The van der Waals surface area contributed by atoms with Gasteiger partial charge in [-0.05, 0) is 18.9 Å². The first-order valence-electron chi connectivity index (χ1n) is 5.70. The highest BCUT2D eigenvalue weighted by Gasteiger charge is 1.95. The first kappa shape index (κ1) is 8.47. The Morgan fingerprint density at radius 2 is 2.27 bits per heavy atom. The lowest BCUT2D eigenvalue weighted by Gasteiger charge is -2.08. The molecule has 4 N–H and O–H groups in total. The van der Waals surface area contributed by atoms with Crippen LogP contribution in [0.15, 0.2) is 30.3 Å². The van der Waals surface area contributed by atoms with Gasteiger partial charge in [-0.15, -0.1) is 0 Å². The van der Waals surface area contributed by atoms with Gasteiger partial charge in [0.25, 0.3) is 0 Å². The zero-order chi connectivity index (χ0) is 12.8. The average molecular weight is 206 g/mol. The van der Waals surface area contributed by atoms with Crippen LogP contribution in [0.1, 0.15) is 15.2 Å². The minimum Gasteiger partial charge on any atom is -0.356 e. The minimum absolute atomic E-state index is 0.0560. The van der Waals surface area contributed by atoms with Gasteiger partial charge in [0.05, 0.1) is 7.21 Å². The van der Waals surface area contributed by atoms with E-state index in [0.29, 0.717) is 12.5 Å². The largest absolute Gasteiger partial charge is 0.356 e. The Balaban J connectivity index is 2.47. The van der Waals surface area contributed by atoms with Crippen molar-refractivity contribution in [1.82, 2.24) is 10.6 Å². The van der Waals surface area contributed by atoms with Gasteiger partial charge in [0.15, 0.2) is 5.96 Å². The molecule has 1 rings (SSSR count). The van der Waals surface area contributed by atoms with Gasteiger partial charge in [-0.2, -0.15) is 0 Å². The van der Waals surface area contributed by atoms with Crippen molar-refractivity contribution in [3.63, 3.8) is 0 Å². The molecule has 0 saturated heterocycles. The molecule has 0 aliphatic rings. The maximum absolute atomic E-state index is 7.73.